The molecule has 1 atom stereocenters. The molecule has 0 heterocycles. The van der Waals surface area contributed by atoms with Gasteiger partial charge in [-0.15, -0.1) is 0 Å². The third-order valence-electron chi connectivity index (χ3n) is 1.85. The maximum atomic E-state index is 11.6. The fraction of sp³-hybridized carbons (Fsp3) is 0.833. The van der Waals surface area contributed by atoms with E-state index in [9.17, 15) is 9.59 Å². The van der Waals surface area contributed by atoms with Crippen molar-refractivity contribution in [2.75, 3.05) is 20.3 Å². The van der Waals surface area contributed by atoms with Gasteiger partial charge in [-0.1, -0.05) is 0 Å². The summed E-state index contributed by atoms with van der Waals surface area (Å²) in [7, 11) is 1.55. The van der Waals surface area contributed by atoms with Crippen LogP contribution in [0.5, 0.6) is 0 Å². The molecule has 0 aliphatic carbocycles. The molecule has 0 aromatic rings. The van der Waals surface area contributed by atoms with Gasteiger partial charge in [0.25, 0.3) is 0 Å². The van der Waals surface area contributed by atoms with E-state index in [2.05, 4.69) is 0 Å². The van der Waals surface area contributed by atoms with Crippen LogP contribution >= 0.6 is 0 Å². The van der Waals surface area contributed by atoms with Crippen LogP contribution in [0, 0.1) is 0 Å². The summed E-state index contributed by atoms with van der Waals surface area (Å²) in [4.78, 5) is 22.9. The second kappa shape index (κ2) is 7.40. The molecular formula is C12H22O5. The van der Waals surface area contributed by atoms with E-state index in [0.717, 1.165) is 0 Å². The van der Waals surface area contributed by atoms with Gasteiger partial charge in [-0.3, -0.25) is 9.59 Å². The van der Waals surface area contributed by atoms with Crippen molar-refractivity contribution in [3.8, 4) is 0 Å². The highest BCUT2D eigenvalue weighted by Crippen LogP contribution is 2.09. The summed E-state index contributed by atoms with van der Waals surface area (Å²) in [6, 6.07) is 0. The van der Waals surface area contributed by atoms with E-state index < -0.39 is 17.7 Å². The van der Waals surface area contributed by atoms with Crippen LogP contribution < -0.4 is 0 Å². The summed E-state index contributed by atoms with van der Waals surface area (Å²) >= 11 is 0. The summed E-state index contributed by atoms with van der Waals surface area (Å²) < 4.78 is 15.0. The zero-order chi connectivity index (χ0) is 13.5. The third-order valence-corrected chi connectivity index (χ3v) is 1.85. The van der Waals surface area contributed by atoms with Crippen LogP contribution in [0.1, 0.15) is 34.1 Å². The minimum atomic E-state index is -0.613. The number of ether oxygens (including phenoxy) is 3. The first-order valence-corrected chi connectivity index (χ1v) is 5.61. The predicted octanol–water partition coefficient (Wildman–Crippen LogP) is 1.34. The normalized spacial score (nSPS) is 13.2. The molecule has 0 aromatic carbocycles. The Bertz CT molecular complexity index is 254. The number of methoxy groups -OCH3 is 1. The third kappa shape index (κ3) is 8.83. The van der Waals surface area contributed by atoms with Gasteiger partial charge < -0.3 is 14.2 Å². The molecule has 17 heavy (non-hydrogen) atoms. The number of hydrogen-bond acceptors (Lipinski definition) is 5. The average Bonchev–Trinajstić information content (AvgIpc) is 2.14. The largest absolute Gasteiger partial charge is 0.460 e. The van der Waals surface area contributed by atoms with Crippen LogP contribution in [0.4, 0.5) is 0 Å². The molecule has 5 nitrogen and oxygen atoms in total. The number of Topliss-reactive ketones (excluding diaryl/α,β-unsaturated/α-hetero) is 1. The summed E-state index contributed by atoms with van der Waals surface area (Å²) in [5.74, 6) is -0.806. The van der Waals surface area contributed by atoms with Crippen LogP contribution in [-0.2, 0) is 23.8 Å². The van der Waals surface area contributed by atoms with Crippen molar-refractivity contribution in [2.24, 2.45) is 0 Å². The summed E-state index contributed by atoms with van der Waals surface area (Å²) in [6.07, 6.45) is -0.872. The molecule has 0 radical (unpaired) electrons. The van der Waals surface area contributed by atoms with Gasteiger partial charge in [-0.2, -0.15) is 0 Å². The highest BCUT2D eigenvalue weighted by molar-refractivity contribution is 5.97. The first kappa shape index (κ1) is 16.1. The Morgan fingerprint density at radius 2 is 1.76 bits per heavy atom. The molecule has 0 spiro atoms. The minimum absolute atomic E-state index is 0.259. The molecule has 0 aliphatic heterocycles. The fourth-order valence-electron chi connectivity index (χ4n) is 1.06. The maximum absolute atomic E-state index is 11.6. The van der Waals surface area contributed by atoms with Crippen molar-refractivity contribution < 1.29 is 23.8 Å². The molecule has 0 aromatic heterocycles. The first-order chi connectivity index (χ1) is 7.76. The van der Waals surface area contributed by atoms with E-state index in [1.165, 1.54) is 0 Å². The van der Waals surface area contributed by atoms with Crippen LogP contribution in [0.25, 0.3) is 0 Å². The smallest absolute Gasteiger partial charge is 0.313 e. The number of hydrogen-bond donors (Lipinski definition) is 0. The van der Waals surface area contributed by atoms with Crippen molar-refractivity contribution in [1.29, 1.82) is 0 Å². The molecule has 100 valence electrons. The van der Waals surface area contributed by atoms with Gasteiger partial charge in [-0.05, 0) is 27.7 Å². The highest BCUT2D eigenvalue weighted by atomic mass is 16.6. The number of carbonyl (C=O) groups excluding carboxylic acids is 2. The van der Waals surface area contributed by atoms with Crippen LogP contribution in [-0.4, -0.2) is 43.8 Å². The Morgan fingerprint density at radius 3 is 2.24 bits per heavy atom. The van der Waals surface area contributed by atoms with Crippen molar-refractivity contribution >= 4 is 11.8 Å². The summed E-state index contributed by atoms with van der Waals surface area (Å²) in [6.45, 7) is 7.64. The van der Waals surface area contributed by atoms with Gasteiger partial charge in [0.15, 0.2) is 5.78 Å². The molecule has 0 aliphatic rings. The fourth-order valence-corrected chi connectivity index (χ4v) is 1.06. The Kier molecular flexibility index (Phi) is 6.99. The van der Waals surface area contributed by atoms with Crippen molar-refractivity contribution in [1.82, 2.24) is 0 Å². The second-order valence-electron chi connectivity index (χ2n) is 4.74. The SMILES string of the molecule is COCCOC(C)C(=O)CC(=O)OC(C)(C)C. The molecule has 0 rings (SSSR count). The predicted molar refractivity (Wildman–Crippen MR) is 62.8 cm³/mol. The number of rotatable bonds is 7. The number of esters is 1. The summed E-state index contributed by atoms with van der Waals surface area (Å²) in [5.41, 5.74) is -0.572. The van der Waals surface area contributed by atoms with E-state index >= 15 is 0 Å². The van der Waals surface area contributed by atoms with E-state index in [-0.39, 0.29) is 12.2 Å². The maximum Gasteiger partial charge on any atom is 0.313 e. The lowest BCUT2D eigenvalue weighted by atomic mass is 10.1. The van der Waals surface area contributed by atoms with Gasteiger partial charge in [0.1, 0.15) is 18.1 Å². The van der Waals surface area contributed by atoms with Gasteiger partial charge in [0, 0.05) is 7.11 Å². The lowest BCUT2D eigenvalue weighted by molar-refractivity contribution is -0.157. The summed E-state index contributed by atoms with van der Waals surface area (Å²) in [5, 5.41) is 0. The highest BCUT2D eigenvalue weighted by Gasteiger charge is 2.22. The van der Waals surface area contributed by atoms with Gasteiger partial charge in [0.05, 0.1) is 13.2 Å². The average molecular weight is 246 g/mol. The molecule has 0 bridgehead atoms. The molecule has 0 saturated heterocycles. The van der Waals surface area contributed by atoms with E-state index in [0.29, 0.717) is 13.2 Å². The molecule has 0 saturated carbocycles. The Morgan fingerprint density at radius 1 is 1.18 bits per heavy atom. The van der Waals surface area contributed by atoms with E-state index in [4.69, 9.17) is 14.2 Å². The number of ketones is 1. The number of carbonyl (C=O) groups is 2. The minimum Gasteiger partial charge on any atom is -0.460 e. The molecular weight excluding hydrogens is 224 g/mol. The van der Waals surface area contributed by atoms with Crippen LogP contribution in [0.15, 0.2) is 0 Å². The lowest BCUT2D eigenvalue weighted by Gasteiger charge is -2.19. The van der Waals surface area contributed by atoms with Crippen molar-refractivity contribution in [3.05, 3.63) is 0 Å². The molecule has 0 fully saturated rings. The van der Waals surface area contributed by atoms with Gasteiger partial charge in [-0.25, -0.2) is 0 Å². The van der Waals surface area contributed by atoms with E-state index in [1.54, 1.807) is 34.8 Å². The topological polar surface area (TPSA) is 61.8 Å². The zero-order valence-corrected chi connectivity index (χ0v) is 11.2. The Labute approximate surface area is 102 Å². The Hall–Kier alpha value is -0.940. The monoisotopic (exact) mass is 246 g/mol. The second-order valence-corrected chi connectivity index (χ2v) is 4.74. The van der Waals surface area contributed by atoms with Crippen LogP contribution in [0.3, 0.4) is 0 Å². The van der Waals surface area contributed by atoms with Gasteiger partial charge in [0.2, 0.25) is 0 Å². The van der Waals surface area contributed by atoms with Crippen LogP contribution in [0.2, 0.25) is 0 Å². The van der Waals surface area contributed by atoms with Crippen molar-refractivity contribution in [3.63, 3.8) is 0 Å². The quantitative estimate of drug-likeness (QED) is 0.385. The van der Waals surface area contributed by atoms with E-state index in [1.807, 2.05) is 0 Å². The molecule has 1 unspecified atom stereocenters. The molecule has 0 amide bonds. The first-order valence-electron chi connectivity index (χ1n) is 5.61. The van der Waals surface area contributed by atoms with Crippen molar-refractivity contribution in [2.45, 2.75) is 45.8 Å². The molecule has 5 heteroatoms. The Balaban J connectivity index is 3.95. The lowest BCUT2D eigenvalue weighted by Crippen LogP contribution is -2.29. The molecule has 0 N–H and O–H groups in total. The standard InChI is InChI=1S/C12H22O5/c1-9(16-7-6-15-5)10(13)8-11(14)17-12(2,3)4/h9H,6-8H2,1-5H3. The van der Waals surface area contributed by atoms with Gasteiger partial charge >= 0.3 is 5.97 Å². The zero-order valence-electron chi connectivity index (χ0n) is 11.2.